The minimum Gasteiger partial charge on any atom is -0.469 e. The first-order chi connectivity index (χ1) is 9.01. The average molecular weight is 268 g/mol. The van der Waals surface area contributed by atoms with E-state index in [2.05, 4.69) is 30.9 Å². The number of rotatable bonds is 4. The van der Waals surface area contributed by atoms with Gasteiger partial charge in [-0.2, -0.15) is 0 Å². The maximum atomic E-state index is 12.3. The number of piperidine rings is 1. The number of methoxy groups -OCH3 is 1. The maximum absolute atomic E-state index is 12.3. The predicted octanol–water partition coefficient (Wildman–Crippen LogP) is 1.60. The largest absolute Gasteiger partial charge is 0.469 e. The van der Waals surface area contributed by atoms with Crippen molar-refractivity contribution in [3.63, 3.8) is 0 Å². The van der Waals surface area contributed by atoms with Gasteiger partial charge in [0.15, 0.2) is 0 Å². The van der Waals surface area contributed by atoms with Crippen LogP contribution in [0.2, 0.25) is 0 Å². The Labute approximate surface area is 117 Å². The number of carbonyl (C=O) groups excluding carboxylic acids is 1. The van der Waals surface area contributed by atoms with Crippen LogP contribution < -0.4 is 0 Å². The van der Waals surface area contributed by atoms with Gasteiger partial charge in [-0.3, -0.25) is 4.79 Å². The number of ether oxygens (including phenoxy) is 1. The van der Waals surface area contributed by atoms with Crippen LogP contribution in [0.25, 0.3) is 0 Å². The summed E-state index contributed by atoms with van der Waals surface area (Å²) in [5.41, 5.74) is -0.249. The Morgan fingerprint density at radius 2 is 2.05 bits per heavy atom. The van der Waals surface area contributed by atoms with Crippen molar-refractivity contribution in [1.29, 1.82) is 0 Å². The lowest BCUT2D eigenvalue weighted by molar-refractivity contribution is -0.168. The van der Waals surface area contributed by atoms with Crippen LogP contribution >= 0.6 is 0 Å². The number of esters is 1. The van der Waals surface area contributed by atoms with Crippen LogP contribution in [0.15, 0.2) is 0 Å². The molecule has 110 valence electrons. The van der Waals surface area contributed by atoms with Crippen molar-refractivity contribution in [3.8, 4) is 0 Å². The quantitative estimate of drug-likeness (QED) is 0.725. The highest BCUT2D eigenvalue weighted by Crippen LogP contribution is 2.49. The molecule has 4 heteroatoms. The minimum absolute atomic E-state index is 0.00526. The molecule has 2 rings (SSSR count). The Hall–Kier alpha value is -0.610. The first-order valence-electron chi connectivity index (χ1n) is 7.44. The Morgan fingerprint density at radius 3 is 2.47 bits per heavy atom. The van der Waals surface area contributed by atoms with Gasteiger partial charge >= 0.3 is 5.97 Å². The molecule has 2 unspecified atom stereocenters. The highest BCUT2D eigenvalue weighted by molar-refractivity contribution is 5.78. The van der Waals surface area contributed by atoms with Gasteiger partial charge in [-0.05, 0) is 59.3 Å². The molecule has 1 heterocycles. The van der Waals surface area contributed by atoms with Crippen molar-refractivity contribution < 1.29 is 9.53 Å². The highest BCUT2D eigenvalue weighted by atomic mass is 16.5. The van der Waals surface area contributed by atoms with Gasteiger partial charge in [-0.15, -0.1) is 0 Å². The van der Waals surface area contributed by atoms with Crippen LogP contribution in [-0.2, 0) is 9.53 Å². The SMILES string of the molecule is COC(=O)C1(C(C2CCCN(C)C2)N(C)C)CCC1. The van der Waals surface area contributed by atoms with E-state index in [-0.39, 0.29) is 11.4 Å². The van der Waals surface area contributed by atoms with Gasteiger partial charge in [0.25, 0.3) is 0 Å². The van der Waals surface area contributed by atoms with Crippen LogP contribution in [0.1, 0.15) is 32.1 Å². The standard InChI is InChI=1S/C15H28N2O2/c1-16(2)13(12-7-5-10-17(3)11-12)15(8-6-9-15)14(18)19-4/h12-13H,5-11H2,1-4H3. The van der Waals surface area contributed by atoms with Gasteiger partial charge in [0.05, 0.1) is 12.5 Å². The van der Waals surface area contributed by atoms with E-state index in [9.17, 15) is 4.79 Å². The van der Waals surface area contributed by atoms with E-state index >= 15 is 0 Å². The van der Waals surface area contributed by atoms with Gasteiger partial charge in [-0.1, -0.05) is 6.42 Å². The predicted molar refractivity (Wildman–Crippen MR) is 76.0 cm³/mol. The Balaban J connectivity index is 2.21. The van der Waals surface area contributed by atoms with Gasteiger partial charge in [0, 0.05) is 12.6 Å². The molecule has 0 aromatic carbocycles. The molecule has 2 atom stereocenters. The zero-order chi connectivity index (χ0) is 14.0. The molecular formula is C15H28N2O2. The van der Waals surface area contributed by atoms with Gasteiger partial charge in [-0.25, -0.2) is 0 Å². The van der Waals surface area contributed by atoms with Crippen molar-refractivity contribution in [3.05, 3.63) is 0 Å². The molecule has 0 amide bonds. The first kappa shape index (κ1) is 14.8. The fourth-order valence-corrected chi connectivity index (χ4v) is 4.21. The van der Waals surface area contributed by atoms with Crippen LogP contribution in [0.5, 0.6) is 0 Å². The average Bonchev–Trinajstić information content (AvgIpc) is 2.32. The molecule has 0 aromatic heterocycles. The molecule has 0 radical (unpaired) electrons. The lowest BCUT2D eigenvalue weighted by Gasteiger charge is -2.52. The highest BCUT2D eigenvalue weighted by Gasteiger charge is 2.54. The summed E-state index contributed by atoms with van der Waals surface area (Å²) in [4.78, 5) is 17.0. The van der Waals surface area contributed by atoms with Crippen LogP contribution in [0.4, 0.5) is 0 Å². The molecule has 2 fully saturated rings. The van der Waals surface area contributed by atoms with Crippen molar-refractivity contribution in [2.45, 2.75) is 38.1 Å². The molecule has 0 bridgehead atoms. The molecule has 1 saturated carbocycles. The Bertz CT molecular complexity index is 326. The number of hydrogen-bond donors (Lipinski definition) is 0. The summed E-state index contributed by atoms with van der Waals surface area (Å²) in [6, 6.07) is 0.316. The molecule has 1 aliphatic carbocycles. The molecule has 1 aliphatic heterocycles. The minimum atomic E-state index is -0.249. The zero-order valence-corrected chi connectivity index (χ0v) is 12.8. The molecular weight excluding hydrogens is 240 g/mol. The van der Waals surface area contributed by atoms with E-state index in [1.807, 2.05) is 0 Å². The van der Waals surface area contributed by atoms with Crippen molar-refractivity contribution in [2.24, 2.45) is 11.3 Å². The third-order valence-corrected chi connectivity index (χ3v) is 5.07. The van der Waals surface area contributed by atoms with E-state index in [0.717, 1.165) is 25.8 Å². The third kappa shape index (κ3) is 2.65. The lowest BCUT2D eigenvalue weighted by atomic mass is 9.59. The lowest BCUT2D eigenvalue weighted by Crippen LogP contribution is -2.59. The van der Waals surface area contributed by atoms with Crippen molar-refractivity contribution in [2.75, 3.05) is 41.3 Å². The van der Waals surface area contributed by atoms with Gasteiger partial charge in [0.2, 0.25) is 0 Å². The Morgan fingerprint density at radius 1 is 1.37 bits per heavy atom. The fourth-order valence-electron chi connectivity index (χ4n) is 4.21. The van der Waals surface area contributed by atoms with Crippen LogP contribution in [0.3, 0.4) is 0 Å². The summed E-state index contributed by atoms with van der Waals surface area (Å²) in [5.74, 6) is 0.582. The zero-order valence-electron chi connectivity index (χ0n) is 12.8. The second-order valence-electron chi connectivity index (χ2n) is 6.57. The first-order valence-corrected chi connectivity index (χ1v) is 7.44. The molecule has 0 N–H and O–H groups in total. The summed E-state index contributed by atoms with van der Waals surface area (Å²) in [5, 5.41) is 0. The van der Waals surface area contributed by atoms with E-state index in [0.29, 0.717) is 12.0 Å². The van der Waals surface area contributed by atoms with Crippen molar-refractivity contribution in [1.82, 2.24) is 9.80 Å². The van der Waals surface area contributed by atoms with Crippen LogP contribution in [-0.4, -0.2) is 63.2 Å². The summed E-state index contributed by atoms with van der Waals surface area (Å²) >= 11 is 0. The summed E-state index contributed by atoms with van der Waals surface area (Å²) in [6.45, 7) is 2.28. The third-order valence-electron chi connectivity index (χ3n) is 5.07. The second kappa shape index (κ2) is 5.80. The fraction of sp³-hybridized carbons (Fsp3) is 0.933. The smallest absolute Gasteiger partial charge is 0.313 e. The number of hydrogen-bond acceptors (Lipinski definition) is 4. The summed E-state index contributed by atoms with van der Waals surface area (Å²) in [6.07, 6.45) is 5.60. The van der Waals surface area contributed by atoms with Gasteiger partial charge < -0.3 is 14.5 Å². The molecule has 0 aromatic rings. The Kier molecular flexibility index (Phi) is 4.51. The summed E-state index contributed by atoms with van der Waals surface area (Å²) in [7, 11) is 7.94. The van der Waals surface area contributed by atoms with Crippen molar-refractivity contribution >= 4 is 5.97 Å². The number of nitrogens with zero attached hydrogens (tertiary/aromatic N) is 2. The molecule has 1 saturated heterocycles. The van der Waals surface area contributed by atoms with E-state index < -0.39 is 0 Å². The molecule has 0 spiro atoms. The molecule has 4 nitrogen and oxygen atoms in total. The maximum Gasteiger partial charge on any atom is 0.313 e. The summed E-state index contributed by atoms with van der Waals surface area (Å²) < 4.78 is 5.13. The van der Waals surface area contributed by atoms with E-state index in [4.69, 9.17) is 4.74 Å². The number of likely N-dealkylation sites (tertiary alicyclic amines) is 1. The van der Waals surface area contributed by atoms with Crippen LogP contribution in [0, 0.1) is 11.3 Å². The monoisotopic (exact) mass is 268 g/mol. The second-order valence-corrected chi connectivity index (χ2v) is 6.57. The normalized spacial score (nSPS) is 28.8. The van der Waals surface area contributed by atoms with E-state index in [1.165, 1.54) is 26.5 Å². The topological polar surface area (TPSA) is 32.8 Å². The number of carbonyl (C=O) groups is 1. The van der Waals surface area contributed by atoms with Gasteiger partial charge in [0.1, 0.15) is 0 Å². The molecule has 19 heavy (non-hydrogen) atoms. The van der Waals surface area contributed by atoms with E-state index in [1.54, 1.807) is 0 Å². The molecule has 2 aliphatic rings.